The molecule has 0 fully saturated rings. The van der Waals surface area contributed by atoms with Crippen molar-refractivity contribution in [3.8, 4) is 0 Å². The third-order valence-corrected chi connectivity index (χ3v) is 0.501. The Hall–Kier alpha value is -0.380. The third-order valence-electron chi connectivity index (χ3n) is 0.297. The lowest BCUT2D eigenvalue weighted by Crippen LogP contribution is -1.99. The minimum Gasteiger partial charge on any atom is -0.378 e. The lowest BCUT2D eigenvalue weighted by atomic mass is 11.2. The minimum absolute atomic E-state index is 0.345. The summed E-state index contributed by atoms with van der Waals surface area (Å²) in [7, 11) is 1.62. The van der Waals surface area contributed by atoms with Gasteiger partial charge in [0.05, 0.1) is 0 Å². The summed E-state index contributed by atoms with van der Waals surface area (Å²) in [6.07, 6.45) is 1.37. The van der Waals surface area contributed by atoms with Crippen LogP contribution in [0.3, 0.4) is 0 Å². The van der Waals surface area contributed by atoms with Gasteiger partial charge in [-0.25, -0.2) is 4.99 Å². The van der Waals surface area contributed by atoms with E-state index in [0.29, 0.717) is 4.74 Å². The van der Waals surface area contributed by atoms with E-state index >= 15 is 0 Å². The lowest BCUT2D eigenvalue weighted by Gasteiger charge is -1.76. The first-order chi connectivity index (χ1) is 3.27. The second-order valence-electron chi connectivity index (χ2n) is 0.825. The largest absolute Gasteiger partial charge is 0.378 e. The molecule has 4 heteroatoms. The van der Waals surface area contributed by atoms with Gasteiger partial charge in [-0.05, 0) is 15.9 Å². The number of rotatable bonds is 1. The summed E-state index contributed by atoms with van der Waals surface area (Å²) in [5, 5.41) is 0. The number of nitrogens with two attached hydrogens (primary N) is 1. The van der Waals surface area contributed by atoms with Crippen LogP contribution < -0.4 is 5.73 Å². The normalized spacial score (nSPS) is 13.1. The van der Waals surface area contributed by atoms with Crippen molar-refractivity contribution >= 4 is 27.0 Å². The molecule has 40 valence electrons. The summed E-state index contributed by atoms with van der Waals surface area (Å²) >= 11 is 2.91. The van der Waals surface area contributed by atoms with Gasteiger partial charge in [0.1, 0.15) is 6.34 Å². The summed E-state index contributed by atoms with van der Waals surface area (Å²) in [4.78, 5) is 7.12. The van der Waals surface area contributed by atoms with E-state index in [-0.39, 0.29) is 0 Å². The molecule has 0 aliphatic rings. The average Bonchev–Trinajstić information content (AvgIpc) is 1.61. The zero-order chi connectivity index (χ0) is 5.70. The number of halogens is 1. The van der Waals surface area contributed by atoms with E-state index < -0.39 is 0 Å². The van der Waals surface area contributed by atoms with E-state index in [1.54, 1.807) is 7.05 Å². The zero-order valence-electron chi connectivity index (χ0n) is 3.93. The molecule has 0 aromatic carbocycles. The Balaban J connectivity index is 3.46. The van der Waals surface area contributed by atoms with Crippen LogP contribution in [0.2, 0.25) is 0 Å². The highest BCUT2D eigenvalue weighted by molar-refractivity contribution is 9.18. The van der Waals surface area contributed by atoms with Crippen molar-refractivity contribution in [2.24, 2.45) is 15.7 Å². The van der Waals surface area contributed by atoms with Crippen LogP contribution in [0.4, 0.5) is 0 Å². The van der Waals surface area contributed by atoms with E-state index in [9.17, 15) is 0 Å². The molecule has 3 nitrogen and oxygen atoms in total. The van der Waals surface area contributed by atoms with Gasteiger partial charge in [-0.15, -0.1) is 0 Å². The van der Waals surface area contributed by atoms with E-state index in [1.807, 2.05) is 0 Å². The predicted octanol–water partition coefficient (Wildman–Crippen LogP) is 0.354. The smallest absolute Gasteiger partial charge is 0.169 e. The Morgan fingerprint density at radius 2 is 2.43 bits per heavy atom. The topological polar surface area (TPSA) is 50.7 Å². The van der Waals surface area contributed by atoms with Crippen LogP contribution in [0, 0.1) is 0 Å². The molecule has 0 aromatic rings. The van der Waals surface area contributed by atoms with Crippen LogP contribution in [0.1, 0.15) is 0 Å². The Morgan fingerprint density at radius 1 is 1.86 bits per heavy atom. The fourth-order valence-electron chi connectivity index (χ4n) is 0.113. The quantitative estimate of drug-likeness (QED) is 0.339. The van der Waals surface area contributed by atoms with Crippen molar-refractivity contribution in [1.29, 1.82) is 0 Å². The molecule has 2 N–H and O–H groups in total. The molecular formula is C3H6BrN3. The van der Waals surface area contributed by atoms with Crippen molar-refractivity contribution < 1.29 is 0 Å². The molecule has 0 aliphatic carbocycles. The number of hydrogen-bond donors (Lipinski definition) is 1. The Kier molecular flexibility index (Phi) is 3.59. The zero-order valence-corrected chi connectivity index (χ0v) is 5.51. The first-order valence-corrected chi connectivity index (χ1v) is 2.46. The van der Waals surface area contributed by atoms with Crippen molar-refractivity contribution in [3.05, 3.63) is 0 Å². The standard InChI is InChI=1S/C3H6BrN3/c1-6-2-7-3(4)5/h2H,1H3,(H2,5,6,7). The fraction of sp³-hybridized carbons (Fsp3) is 0.333. The molecule has 0 saturated heterocycles. The van der Waals surface area contributed by atoms with Crippen molar-refractivity contribution in [2.75, 3.05) is 7.05 Å². The molecule has 0 heterocycles. The molecule has 0 saturated carbocycles. The molecule has 0 spiro atoms. The van der Waals surface area contributed by atoms with Gasteiger partial charge in [-0.3, -0.25) is 4.99 Å². The summed E-state index contributed by atoms with van der Waals surface area (Å²) in [6.45, 7) is 0. The summed E-state index contributed by atoms with van der Waals surface area (Å²) < 4.78 is 0.345. The van der Waals surface area contributed by atoms with Gasteiger partial charge in [0, 0.05) is 7.05 Å². The number of hydrogen-bond acceptors (Lipinski definition) is 1. The van der Waals surface area contributed by atoms with Gasteiger partial charge in [-0.2, -0.15) is 0 Å². The Labute approximate surface area is 50.5 Å². The molecule has 0 amide bonds. The van der Waals surface area contributed by atoms with E-state index in [4.69, 9.17) is 5.73 Å². The number of aliphatic imine (C=N–C) groups is 2. The molecule has 0 aromatic heterocycles. The highest BCUT2D eigenvalue weighted by Crippen LogP contribution is 1.75. The highest BCUT2D eigenvalue weighted by Gasteiger charge is 1.70. The Bertz CT molecular complexity index is 92.4. The predicted molar refractivity (Wildman–Crippen MR) is 35.0 cm³/mol. The van der Waals surface area contributed by atoms with Gasteiger partial charge in [0.2, 0.25) is 0 Å². The average molecular weight is 164 g/mol. The third kappa shape index (κ3) is 5.62. The van der Waals surface area contributed by atoms with Gasteiger partial charge in [-0.1, -0.05) is 0 Å². The monoisotopic (exact) mass is 163 g/mol. The fourth-order valence-corrected chi connectivity index (χ4v) is 0.204. The van der Waals surface area contributed by atoms with Gasteiger partial charge in [0.25, 0.3) is 0 Å². The first-order valence-electron chi connectivity index (χ1n) is 1.66. The summed E-state index contributed by atoms with van der Waals surface area (Å²) in [5.74, 6) is 0. The molecule has 0 aliphatic heterocycles. The summed E-state index contributed by atoms with van der Waals surface area (Å²) in [5.41, 5.74) is 5.05. The molecule has 0 rings (SSSR count). The van der Waals surface area contributed by atoms with Crippen LogP contribution in [-0.4, -0.2) is 18.1 Å². The number of amidine groups is 1. The van der Waals surface area contributed by atoms with Crippen molar-refractivity contribution in [1.82, 2.24) is 0 Å². The molecule has 0 radical (unpaired) electrons. The van der Waals surface area contributed by atoms with Crippen LogP contribution in [0.15, 0.2) is 9.98 Å². The van der Waals surface area contributed by atoms with Crippen LogP contribution in [0.5, 0.6) is 0 Å². The maximum atomic E-state index is 5.05. The van der Waals surface area contributed by atoms with Gasteiger partial charge < -0.3 is 5.73 Å². The first kappa shape index (κ1) is 6.62. The molecule has 7 heavy (non-hydrogen) atoms. The maximum absolute atomic E-state index is 5.05. The van der Waals surface area contributed by atoms with Crippen LogP contribution in [-0.2, 0) is 0 Å². The SMILES string of the molecule is CN=CN=C(N)Br. The molecule has 0 unspecified atom stereocenters. The second kappa shape index (κ2) is 3.80. The summed E-state index contributed by atoms with van der Waals surface area (Å²) in [6, 6.07) is 0. The Morgan fingerprint density at radius 3 is 2.57 bits per heavy atom. The van der Waals surface area contributed by atoms with Crippen LogP contribution >= 0.6 is 15.9 Å². The van der Waals surface area contributed by atoms with Gasteiger partial charge >= 0.3 is 0 Å². The van der Waals surface area contributed by atoms with Gasteiger partial charge in [0.15, 0.2) is 4.74 Å². The molecular weight excluding hydrogens is 158 g/mol. The molecule has 0 atom stereocenters. The lowest BCUT2D eigenvalue weighted by molar-refractivity contribution is 1.44. The molecule has 0 bridgehead atoms. The maximum Gasteiger partial charge on any atom is 0.169 e. The minimum atomic E-state index is 0.345. The van der Waals surface area contributed by atoms with Crippen LogP contribution in [0.25, 0.3) is 0 Å². The second-order valence-corrected chi connectivity index (χ2v) is 1.64. The number of nitrogens with zero attached hydrogens (tertiary/aromatic N) is 2. The van der Waals surface area contributed by atoms with Crippen molar-refractivity contribution in [2.45, 2.75) is 0 Å². The van der Waals surface area contributed by atoms with E-state index in [2.05, 4.69) is 25.9 Å². The van der Waals surface area contributed by atoms with E-state index in [0.717, 1.165) is 0 Å². The van der Waals surface area contributed by atoms with E-state index in [1.165, 1.54) is 6.34 Å². The highest BCUT2D eigenvalue weighted by atomic mass is 79.9. The van der Waals surface area contributed by atoms with Crippen molar-refractivity contribution in [3.63, 3.8) is 0 Å².